The molecule has 1 unspecified atom stereocenters. The summed E-state index contributed by atoms with van der Waals surface area (Å²) in [5.41, 5.74) is 4.58. The van der Waals surface area contributed by atoms with E-state index >= 15 is 0 Å². The topological polar surface area (TPSA) is 75.1 Å². The number of halogens is 2. The van der Waals surface area contributed by atoms with Crippen LogP contribution in [0, 0.1) is 0 Å². The lowest BCUT2D eigenvalue weighted by Gasteiger charge is -2.22. The molecule has 10 heteroatoms. The van der Waals surface area contributed by atoms with Crippen LogP contribution in [-0.4, -0.2) is 47.2 Å². The number of nitrogens with zero attached hydrogens (tertiary/aromatic N) is 7. The van der Waals surface area contributed by atoms with Crippen LogP contribution in [0.25, 0.3) is 28.0 Å². The van der Waals surface area contributed by atoms with Gasteiger partial charge in [-0.3, -0.25) is 9.36 Å². The highest BCUT2D eigenvalue weighted by Gasteiger charge is 2.35. The van der Waals surface area contributed by atoms with Gasteiger partial charge in [-0.25, -0.2) is 18.3 Å². The largest absolute Gasteiger partial charge is 0.497 e. The smallest absolute Gasteiger partial charge is 0.267 e. The van der Waals surface area contributed by atoms with Gasteiger partial charge < -0.3 is 4.74 Å². The van der Waals surface area contributed by atoms with Gasteiger partial charge in [0.25, 0.3) is 5.92 Å². The molecule has 0 saturated carbocycles. The van der Waals surface area contributed by atoms with Gasteiger partial charge in [0.2, 0.25) is 0 Å². The molecule has 0 aliphatic carbocycles. The number of rotatable bonds is 8. The molecule has 5 aromatic rings. The van der Waals surface area contributed by atoms with Crippen LogP contribution in [0.4, 0.5) is 8.78 Å². The summed E-state index contributed by atoms with van der Waals surface area (Å²) in [4.78, 5) is 4.85. The second-order valence-electron chi connectivity index (χ2n) is 8.50. The van der Waals surface area contributed by atoms with E-state index in [2.05, 4.69) is 15.3 Å². The number of alkyl halides is 2. The molecule has 0 aliphatic heterocycles. The predicted molar refractivity (Wildman–Crippen MR) is 127 cm³/mol. The van der Waals surface area contributed by atoms with E-state index in [1.54, 1.807) is 43.3 Å². The van der Waals surface area contributed by atoms with E-state index in [1.165, 1.54) is 4.68 Å². The maximum absolute atomic E-state index is 14.1. The molecule has 35 heavy (non-hydrogen) atoms. The van der Waals surface area contributed by atoms with E-state index in [-0.39, 0.29) is 6.42 Å². The number of aromatic nitrogens is 7. The number of ether oxygens (including phenoxy) is 1. The molecule has 0 N–H and O–H groups in total. The van der Waals surface area contributed by atoms with Crippen molar-refractivity contribution in [3.05, 3.63) is 73.1 Å². The molecule has 180 valence electrons. The van der Waals surface area contributed by atoms with Crippen molar-refractivity contribution in [3.8, 4) is 28.3 Å². The van der Waals surface area contributed by atoms with Gasteiger partial charge in [-0.2, -0.15) is 15.3 Å². The standard InChI is InChI=1S/C25H25F2N7O/c1-4-23(25(2,26)27)34-15-19(12-30-34)24-22-9-10-28-33(22)16-21(31-24)18-11-29-32(14-18)13-17-5-7-20(35-3)8-6-17/h5-12,14-16,23H,4,13H2,1-3H3. The van der Waals surface area contributed by atoms with Crippen LogP contribution in [0.1, 0.15) is 31.9 Å². The summed E-state index contributed by atoms with van der Waals surface area (Å²) in [5.74, 6) is -2.09. The molecule has 0 spiro atoms. The molecule has 8 nitrogen and oxygen atoms in total. The number of methoxy groups -OCH3 is 1. The third kappa shape index (κ3) is 4.51. The SMILES string of the molecule is CCC(n1cc(-c2nc(-c3cnn(Cc4ccc(OC)cc4)c3)cn3nccc23)cn1)C(C)(F)F. The van der Waals surface area contributed by atoms with Crippen molar-refractivity contribution in [3.63, 3.8) is 0 Å². The Balaban J connectivity index is 1.48. The van der Waals surface area contributed by atoms with E-state index in [0.717, 1.165) is 29.3 Å². The molecule has 0 bridgehead atoms. The summed E-state index contributed by atoms with van der Waals surface area (Å²) in [6.07, 6.45) is 10.6. The molecule has 5 rings (SSSR count). The molecule has 1 atom stereocenters. The van der Waals surface area contributed by atoms with Crippen molar-refractivity contribution in [1.82, 2.24) is 34.2 Å². The molecular weight excluding hydrogens is 452 g/mol. The maximum atomic E-state index is 14.1. The van der Waals surface area contributed by atoms with Crippen molar-refractivity contribution >= 4 is 5.52 Å². The van der Waals surface area contributed by atoms with Gasteiger partial charge in [-0.15, -0.1) is 0 Å². The summed E-state index contributed by atoms with van der Waals surface area (Å²) < 4.78 is 38.2. The normalized spacial score (nSPS) is 12.8. The van der Waals surface area contributed by atoms with Crippen molar-refractivity contribution in [1.29, 1.82) is 0 Å². The summed E-state index contributed by atoms with van der Waals surface area (Å²) in [6.45, 7) is 3.23. The van der Waals surface area contributed by atoms with Gasteiger partial charge in [-0.1, -0.05) is 19.1 Å². The lowest BCUT2D eigenvalue weighted by Crippen LogP contribution is -2.27. The summed E-state index contributed by atoms with van der Waals surface area (Å²) in [5, 5.41) is 13.1. The van der Waals surface area contributed by atoms with Gasteiger partial charge in [0, 0.05) is 30.4 Å². The molecular formula is C25H25F2N7O. The van der Waals surface area contributed by atoms with Crippen LogP contribution in [-0.2, 0) is 6.54 Å². The molecule has 0 amide bonds. The molecule has 1 aromatic carbocycles. The monoisotopic (exact) mass is 477 g/mol. The third-order valence-electron chi connectivity index (χ3n) is 5.99. The van der Waals surface area contributed by atoms with E-state index in [1.807, 2.05) is 47.4 Å². The van der Waals surface area contributed by atoms with E-state index in [9.17, 15) is 8.78 Å². The second-order valence-corrected chi connectivity index (χ2v) is 8.50. The Morgan fingerprint density at radius 1 is 0.971 bits per heavy atom. The van der Waals surface area contributed by atoms with Crippen molar-refractivity contribution in [2.45, 2.75) is 38.8 Å². The average molecular weight is 478 g/mol. The molecule has 0 fully saturated rings. The minimum absolute atomic E-state index is 0.258. The molecule has 0 radical (unpaired) electrons. The van der Waals surface area contributed by atoms with Crippen LogP contribution >= 0.6 is 0 Å². The Morgan fingerprint density at radius 3 is 2.46 bits per heavy atom. The van der Waals surface area contributed by atoms with Crippen LogP contribution in [0.2, 0.25) is 0 Å². The Morgan fingerprint density at radius 2 is 1.74 bits per heavy atom. The Hall–Kier alpha value is -4.08. The van der Waals surface area contributed by atoms with E-state index in [0.29, 0.717) is 23.5 Å². The lowest BCUT2D eigenvalue weighted by atomic mass is 10.1. The van der Waals surface area contributed by atoms with Gasteiger partial charge in [0.1, 0.15) is 11.8 Å². The fourth-order valence-electron chi connectivity index (χ4n) is 4.19. The Bertz CT molecular complexity index is 1450. The summed E-state index contributed by atoms with van der Waals surface area (Å²) in [7, 11) is 1.64. The lowest BCUT2D eigenvalue weighted by molar-refractivity contribution is -0.0384. The van der Waals surface area contributed by atoms with Crippen molar-refractivity contribution < 1.29 is 13.5 Å². The molecule has 4 heterocycles. The predicted octanol–water partition coefficient (Wildman–Crippen LogP) is 5.12. The minimum atomic E-state index is -2.89. The van der Waals surface area contributed by atoms with Gasteiger partial charge in [0.05, 0.1) is 55.3 Å². The highest BCUT2D eigenvalue weighted by atomic mass is 19.3. The fraction of sp³-hybridized carbons (Fsp3) is 0.280. The van der Waals surface area contributed by atoms with E-state index in [4.69, 9.17) is 9.72 Å². The van der Waals surface area contributed by atoms with Crippen molar-refractivity contribution in [2.24, 2.45) is 0 Å². The first-order chi connectivity index (χ1) is 16.9. The number of hydrogen-bond acceptors (Lipinski definition) is 5. The van der Waals surface area contributed by atoms with E-state index < -0.39 is 12.0 Å². The Labute approximate surface area is 200 Å². The summed E-state index contributed by atoms with van der Waals surface area (Å²) in [6, 6.07) is 8.62. The van der Waals surface area contributed by atoms with Gasteiger partial charge in [-0.05, 0) is 30.2 Å². The van der Waals surface area contributed by atoms with Gasteiger partial charge >= 0.3 is 0 Å². The third-order valence-corrected chi connectivity index (χ3v) is 5.99. The molecule has 0 aliphatic rings. The van der Waals surface area contributed by atoms with Crippen LogP contribution in [0.5, 0.6) is 5.75 Å². The highest BCUT2D eigenvalue weighted by Crippen LogP contribution is 2.33. The number of fused-ring (bicyclic) bond motifs is 1. The highest BCUT2D eigenvalue weighted by molar-refractivity contribution is 5.78. The first-order valence-corrected chi connectivity index (χ1v) is 11.3. The first kappa shape index (κ1) is 22.7. The van der Waals surface area contributed by atoms with Crippen LogP contribution < -0.4 is 4.74 Å². The Kier molecular flexibility index (Phi) is 5.80. The molecule has 0 saturated heterocycles. The van der Waals surface area contributed by atoms with Crippen LogP contribution in [0.15, 0.2) is 67.5 Å². The minimum Gasteiger partial charge on any atom is -0.497 e. The summed E-state index contributed by atoms with van der Waals surface area (Å²) >= 11 is 0. The molecule has 4 aromatic heterocycles. The second kappa shape index (κ2) is 8.94. The average Bonchev–Trinajstić information content (AvgIpc) is 3.59. The fourth-order valence-corrected chi connectivity index (χ4v) is 4.19. The quantitative estimate of drug-likeness (QED) is 0.310. The maximum Gasteiger partial charge on any atom is 0.267 e. The number of hydrogen-bond donors (Lipinski definition) is 0. The van der Waals surface area contributed by atoms with Gasteiger partial charge in [0.15, 0.2) is 0 Å². The van der Waals surface area contributed by atoms with Crippen LogP contribution in [0.3, 0.4) is 0 Å². The zero-order chi connectivity index (χ0) is 24.6. The van der Waals surface area contributed by atoms with Crippen molar-refractivity contribution in [2.75, 3.05) is 7.11 Å². The zero-order valence-corrected chi connectivity index (χ0v) is 19.6. The first-order valence-electron chi connectivity index (χ1n) is 11.3. The zero-order valence-electron chi connectivity index (χ0n) is 19.6. The number of benzene rings is 1.